The highest BCUT2D eigenvalue weighted by atomic mass is 28.4. The van der Waals surface area contributed by atoms with Crippen molar-refractivity contribution >= 4 is 20.3 Å². The maximum Gasteiger partial charge on any atom is 0.347 e. The first-order valence-corrected chi connectivity index (χ1v) is 14.2. The zero-order chi connectivity index (χ0) is 24.6. The maximum absolute atomic E-state index is 12.5. The summed E-state index contributed by atoms with van der Waals surface area (Å²) >= 11 is 0. The fourth-order valence-electron chi connectivity index (χ4n) is 2.91. The second-order valence-electron chi connectivity index (χ2n) is 9.46. The molecule has 2 rings (SSSR count). The van der Waals surface area contributed by atoms with E-state index < -0.39 is 26.4 Å². The van der Waals surface area contributed by atoms with Crippen molar-refractivity contribution in [3.8, 4) is 11.5 Å². The van der Waals surface area contributed by atoms with Gasteiger partial charge in [-0.05, 0) is 48.8 Å². The molecule has 2 aromatic rings. The molecular formula is C26H36O6Si. The van der Waals surface area contributed by atoms with Crippen LogP contribution >= 0.6 is 0 Å². The second-order valence-corrected chi connectivity index (χ2v) is 14.2. The average Bonchev–Trinajstić information content (AvgIpc) is 2.72. The van der Waals surface area contributed by atoms with Gasteiger partial charge in [-0.2, -0.15) is 0 Å². The van der Waals surface area contributed by atoms with Crippen molar-refractivity contribution < 1.29 is 28.2 Å². The Bertz CT molecular complexity index is 934. The number of carbonyl (C=O) groups excluding carboxylic acids is 2. The van der Waals surface area contributed by atoms with Gasteiger partial charge in [-0.25, -0.2) is 4.79 Å². The molecule has 0 fully saturated rings. The molecule has 7 heteroatoms. The summed E-state index contributed by atoms with van der Waals surface area (Å²) in [5, 5.41) is 0.0286. The van der Waals surface area contributed by atoms with Gasteiger partial charge in [0.15, 0.2) is 0 Å². The Morgan fingerprint density at radius 3 is 2.27 bits per heavy atom. The SMILES string of the molecule is CCOC(=O)C(Cc1cc(O[Si](C)(C)C(C)(C)C)ccc1OCc1ccccc1)OC(C)=O. The Kier molecular flexibility index (Phi) is 9.11. The molecule has 0 heterocycles. The van der Waals surface area contributed by atoms with E-state index in [1.165, 1.54) is 6.92 Å². The van der Waals surface area contributed by atoms with Crippen molar-refractivity contribution in [3.05, 3.63) is 59.7 Å². The summed E-state index contributed by atoms with van der Waals surface area (Å²) in [5.41, 5.74) is 1.73. The van der Waals surface area contributed by atoms with Crippen LogP contribution in [0.2, 0.25) is 18.1 Å². The van der Waals surface area contributed by atoms with Gasteiger partial charge in [-0.1, -0.05) is 51.1 Å². The first-order chi connectivity index (χ1) is 15.4. The normalized spacial score (nSPS) is 12.6. The molecular weight excluding hydrogens is 436 g/mol. The van der Waals surface area contributed by atoms with Gasteiger partial charge in [-0.15, -0.1) is 0 Å². The number of hydrogen-bond donors (Lipinski definition) is 0. The minimum absolute atomic E-state index is 0.0286. The van der Waals surface area contributed by atoms with Gasteiger partial charge in [0.25, 0.3) is 0 Å². The quantitative estimate of drug-likeness (QED) is 0.327. The molecule has 0 aliphatic carbocycles. The molecule has 0 spiro atoms. The van der Waals surface area contributed by atoms with Crippen LogP contribution < -0.4 is 9.16 Å². The lowest BCUT2D eigenvalue weighted by Crippen LogP contribution is -2.43. The van der Waals surface area contributed by atoms with Gasteiger partial charge in [0.2, 0.25) is 14.4 Å². The van der Waals surface area contributed by atoms with Gasteiger partial charge in [0.05, 0.1) is 6.61 Å². The molecule has 1 unspecified atom stereocenters. The minimum atomic E-state index is -2.08. The summed E-state index contributed by atoms with van der Waals surface area (Å²) in [6.45, 7) is 14.4. The topological polar surface area (TPSA) is 71.1 Å². The molecule has 0 saturated carbocycles. The van der Waals surface area contributed by atoms with Crippen LogP contribution in [-0.4, -0.2) is 33.0 Å². The van der Waals surface area contributed by atoms with Crippen LogP contribution in [0.15, 0.2) is 48.5 Å². The lowest BCUT2D eigenvalue weighted by molar-refractivity contribution is -0.166. The van der Waals surface area contributed by atoms with E-state index in [0.29, 0.717) is 23.7 Å². The Hall–Kier alpha value is -2.80. The molecule has 6 nitrogen and oxygen atoms in total. The summed E-state index contributed by atoms with van der Waals surface area (Å²) < 4.78 is 22.9. The van der Waals surface area contributed by atoms with Crippen LogP contribution in [0.3, 0.4) is 0 Å². The number of hydrogen-bond acceptors (Lipinski definition) is 6. The Morgan fingerprint density at radius 2 is 1.70 bits per heavy atom. The van der Waals surface area contributed by atoms with E-state index in [9.17, 15) is 9.59 Å². The molecule has 0 aromatic heterocycles. The van der Waals surface area contributed by atoms with E-state index >= 15 is 0 Å². The Labute approximate surface area is 198 Å². The molecule has 2 aromatic carbocycles. The van der Waals surface area contributed by atoms with E-state index in [4.69, 9.17) is 18.6 Å². The summed E-state index contributed by atoms with van der Waals surface area (Å²) in [7, 11) is -2.08. The maximum atomic E-state index is 12.5. The molecule has 0 aliphatic rings. The number of benzene rings is 2. The first kappa shape index (κ1) is 26.4. The summed E-state index contributed by atoms with van der Waals surface area (Å²) in [5.74, 6) is 0.169. The van der Waals surface area contributed by atoms with Crippen LogP contribution in [0.5, 0.6) is 11.5 Å². The zero-order valence-electron chi connectivity index (χ0n) is 20.8. The van der Waals surface area contributed by atoms with Crippen molar-refractivity contribution in [1.82, 2.24) is 0 Å². The van der Waals surface area contributed by atoms with Crippen LogP contribution in [-0.2, 0) is 32.1 Å². The first-order valence-electron chi connectivity index (χ1n) is 11.3. The molecule has 0 N–H and O–H groups in total. The van der Waals surface area contributed by atoms with Gasteiger partial charge < -0.3 is 18.6 Å². The van der Waals surface area contributed by atoms with E-state index in [1.54, 1.807) is 6.92 Å². The summed E-state index contributed by atoms with van der Waals surface area (Å²) in [6, 6.07) is 15.4. The predicted octanol–water partition coefficient (Wildman–Crippen LogP) is 5.69. The van der Waals surface area contributed by atoms with E-state index in [0.717, 1.165) is 5.56 Å². The lowest BCUT2D eigenvalue weighted by Gasteiger charge is -2.36. The largest absolute Gasteiger partial charge is 0.543 e. The second kappa shape index (κ2) is 11.4. The number of rotatable bonds is 10. The minimum Gasteiger partial charge on any atom is -0.543 e. The standard InChI is InChI=1S/C26H36O6Si/c1-8-29-25(28)24(31-19(2)27)17-21-16-22(32-33(6,7)26(3,4)5)14-15-23(21)30-18-20-12-10-9-11-13-20/h9-16,24H,8,17-18H2,1-7H3. The van der Waals surface area contributed by atoms with E-state index in [2.05, 4.69) is 33.9 Å². The van der Waals surface area contributed by atoms with Crippen LogP contribution in [0.4, 0.5) is 0 Å². The highest BCUT2D eigenvalue weighted by molar-refractivity contribution is 6.74. The van der Waals surface area contributed by atoms with Crippen molar-refractivity contribution in [2.45, 2.75) is 71.9 Å². The van der Waals surface area contributed by atoms with Crippen LogP contribution in [0, 0.1) is 0 Å². The molecule has 0 amide bonds. The smallest absolute Gasteiger partial charge is 0.347 e. The number of ether oxygens (including phenoxy) is 3. The summed E-state index contributed by atoms with van der Waals surface area (Å²) in [6.07, 6.45) is -0.943. The van der Waals surface area contributed by atoms with Gasteiger partial charge in [-0.3, -0.25) is 4.79 Å². The molecule has 0 aliphatic heterocycles. The molecule has 180 valence electrons. The highest BCUT2D eigenvalue weighted by Crippen LogP contribution is 2.38. The van der Waals surface area contributed by atoms with E-state index in [1.807, 2.05) is 48.5 Å². The van der Waals surface area contributed by atoms with E-state index in [-0.39, 0.29) is 18.1 Å². The number of carbonyl (C=O) groups is 2. The van der Waals surface area contributed by atoms with Crippen molar-refractivity contribution in [1.29, 1.82) is 0 Å². The van der Waals surface area contributed by atoms with Crippen molar-refractivity contribution in [2.75, 3.05) is 6.61 Å². The zero-order valence-corrected chi connectivity index (χ0v) is 21.8. The fraction of sp³-hybridized carbons (Fsp3) is 0.462. The van der Waals surface area contributed by atoms with Crippen LogP contribution in [0.25, 0.3) is 0 Å². The third-order valence-electron chi connectivity index (χ3n) is 5.71. The van der Waals surface area contributed by atoms with Gasteiger partial charge >= 0.3 is 11.9 Å². The van der Waals surface area contributed by atoms with Crippen LogP contribution in [0.1, 0.15) is 45.7 Å². The highest BCUT2D eigenvalue weighted by Gasteiger charge is 2.39. The molecule has 0 bridgehead atoms. The Morgan fingerprint density at radius 1 is 1.03 bits per heavy atom. The molecule has 0 radical (unpaired) electrons. The average molecular weight is 473 g/mol. The number of esters is 2. The molecule has 1 atom stereocenters. The lowest BCUT2D eigenvalue weighted by atomic mass is 10.1. The summed E-state index contributed by atoms with van der Waals surface area (Å²) in [4.78, 5) is 24.1. The van der Waals surface area contributed by atoms with Crippen molar-refractivity contribution in [2.24, 2.45) is 0 Å². The third-order valence-corrected chi connectivity index (χ3v) is 10.1. The third kappa shape index (κ3) is 7.93. The molecule has 0 saturated heterocycles. The monoisotopic (exact) mass is 472 g/mol. The Balaban J connectivity index is 2.37. The molecule has 33 heavy (non-hydrogen) atoms. The fourth-order valence-corrected chi connectivity index (χ4v) is 3.93. The van der Waals surface area contributed by atoms with Gasteiger partial charge in [0.1, 0.15) is 18.1 Å². The predicted molar refractivity (Wildman–Crippen MR) is 131 cm³/mol. The van der Waals surface area contributed by atoms with Gasteiger partial charge in [0, 0.05) is 18.9 Å². The van der Waals surface area contributed by atoms with Crippen molar-refractivity contribution in [3.63, 3.8) is 0 Å².